The van der Waals surface area contributed by atoms with Gasteiger partial charge in [0.2, 0.25) is 0 Å². The van der Waals surface area contributed by atoms with Crippen molar-refractivity contribution in [3.05, 3.63) is 0 Å². The van der Waals surface area contributed by atoms with Crippen LogP contribution >= 0.6 is 0 Å². The van der Waals surface area contributed by atoms with Gasteiger partial charge >= 0.3 is 0 Å². The van der Waals surface area contributed by atoms with E-state index in [0.29, 0.717) is 5.54 Å². The van der Waals surface area contributed by atoms with Crippen molar-refractivity contribution in [2.45, 2.75) is 46.1 Å². The highest BCUT2D eigenvalue weighted by atomic mass is 15.2. The highest BCUT2D eigenvalue weighted by molar-refractivity contribution is 4.87. The molecule has 0 aromatic heterocycles. The summed E-state index contributed by atoms with van der Waals surface area (Å²) in [6.45, 7) is 14.1. The van der Waals surface area contributed by atoms with Gasteiger partial charge in [0.15, 0.2) is 0 Å². The lowest BCUT2D eigenvalue weighted by Gasteiger charge is -2.40. The Hall–Kier alpha value is -0.0800. The molecule has 0 spiro atoms. The van der Waals surface area contributed by atoms with Crippen LogP contribution in [0.1, 0.15) is 40.5 Å². The lowest BCUT2D eigenvalue weighted by atomic mass is 9.98. The van der Waals surface area contributed by atoms with Crippen LogP contribution in [0.5, 0.6) is 0 Å². The van der Waals surface area contributed by atoms with Gasteiger partial charge in [-0.05, 0) is 19.8 Å². The lowest BCUT2D eigenvalue weighted by Crippen LogP contribution is -2.57. The van der Waals surface area contributed by atoms with Crippen molar-refractivity contribution >= 4 is 0 Å². The molecular formula is C12H26N2. The van der Waals surface area contributed by atoms with Gasteiger partial charge in [0, 0.05) is 31.7 Å². The number of hydrogen-bond acceptors (Lipinski definition) is 2. The van der Waals surface area contributed by atoms with Gasteiger partial charge in [-0.15, -0.1) is 0 Å². The summed E-state index contributed by atoms with van der Waals surface area (Å²) in [5, 5.41) is 3.56. The van der Waals surface area contributed by atoms with Crippen LogP contribution in [0.15, 0.2) is 0 Å². The van der Waals surface area contributed by atoms with Gasteiger partial charge in [-0.25, -0.2) is 0 Å². The summed E-state index contributed by atoms with van der Waals surface area (Å²) in [7, 11) is 0. The maximum absolute atomic E-state index is 3.56. The summed E-state index contributed by atoms with van der Waals surface area (Å²) >= 11 is 0. The summed E-state index contributed by atoms with van der Waals surface area (Å²) in [6.07, 6.45) is 2.64. The third-order valence-corrected chi connectivity index (χ3v) is 3.32. The van der Waals surface area contributed by atoms with E-state index in [0.717, 1.165) is 12.5 Å². The summed E-state index contributed by atoms with van der Waals surface area (Å²) in [6, 6.07) is 0. The van der Waals surface area contributed by atoms with E-state index in [-0.39, 0.29) is 0 Å². The van der Waals surface area contributed by atoms with Crippen molar-refractivity contribution in [3.63, 3.8) is 0 Å². The van der Waals surface area contributed by atoms with E-state index >= 15 is 0 Å². The molecule has 0 unspecified atom stereocenters. The Morgan fingerprint density at radius 2 is 1.93 bits per heavy atom. The van der Waals surface area contributed by atoms with Crippen LogP contribution in [0.4, 0.5) is 0 Å². The first-order chi connectivity index (χ1) is 6.57. The molecule has 0 radical (unpaired) electrons. The molecule has 0 aromatic rings. The molecule has 1 fully saturated rings. The van der Waals surface area contributed by atoms with Crippen LogP contribution in [0, 0.1) is 5.92 Å². The molecule has 2 nitrogen and oxygen atoms in total. The second-order valence-corrected chi connectivity index (χ2v) is 5.23. The Labute approximate surface area is 89.1 Å². The Kier molecular flexibility index (Phi) is 4.39. The molecular weight excluding hydrogens is 172 g/mol. The quantitative estimate of drug-likeness (QED) is 0.744. The average molecular weight is 198 g/mol. The van der Waals surface area contributed by atoms with Crippen LogP contribution in [0.2, 0.25) is 0 Å². The van der Waals surface area contributed by atoms with Gasteiger partial charge in [-0.2, -0.15) is 0 Å². The highest BCUT2D eigenvalue weighted by Crippen LogP contribution is 2.15. The smallest absolute Gasteiger partial charge is 0.0252 e. The van der Waals surface area contributed by atoms with E-state index in [2.05, 4.69) is 37.9 Å². The van der Waals surface area contributed by atoms with E-state index in [9.17, 15) is 0 Å². The van der Waals surface area contributed by atoms with Gasteiger partial charge in [0.25, 0.3) is 0 Å². The van der Waals surface area contributed by atoms with Crippen LogP contribution in [0.3, 0.4) is 0 Å². The number of hydrogen-bond donors (Lipinski definition) is 1. The molecule has 0 aliphatic carbocycles. The van der Waals surface area contributed by atoms with E-state index in [1.165, 1.54) is 32.5 Å². The minimum absolute atomic E-state index is 0.310. The van der Waals surface area contributed by atoms with Crippen molar-refractivity contribution in [2.24, 2.45) is 5.92 Å². The Bertz CT molecular complexity index is 162. The molecule has 0 atom stereocenters. The molecule has 1 heterocycles. The standard InChI is InChI=1S/C12H26N2/c1-5-11(6-2)9-14-8-7-13-12(3,4)10-14/h11,13H,5-10H2,1-4H3. The van der Waals surface area contributed by atoms with Gasteiger partial charge in [-0.1, -0.05) is 26.7 Å². The molecule has 1 saturated heterocycles. The number of rotatable bonds is 4. The zero-order chi connectivity index (χ0) is 10.6. The Balaban J connectivity index is 2.37. The predicted octanol–water partition coefficient (Wildman–Crippen LogP) is 2.11. The average Bonchev–Trinajstić information content (AvgIpc) is 2.12. The maximum Gasteiger partial charge on any atom is 0.0252 e. The molecule has 84 valence electrons. The molecule has 1 aliphatic heterocycles. The van der Waals surface area contributed by atoms with E-state index in [4.69, 9.17) is 0 Å². The first kappa shape index (κ1) is 12.0. The largest absolute Gasteiger partial charge is 0.309 e. The third-order valence-electron chi connectivity index (χ3n) is 3.32. The molecule has 2 heteroatoms. The number of piperazine rings is 1. The second-order valence-electron chi connectivity index (χ2n) is 5.23. The zero-order valence-electron chi connectivity index (χ0n) is 10.3. The Morgan fingerprint density at radius 1 is 1.29 bits per heavy atom. The fourth-order valence-corrected chi connectivity index (χ4v) is 2.31. The number of nitrogens with one attached hydrogen (secondary N) is 1. The predicted molar refractivity (Wildman–Crippen MR) is 62.6 cm³/mol. The monoisotopic (exact) mass is 198 g/mol. The SMILES string of the molecule is CCC(CC)CN1CCNC(C)(C)C1. The summed E-state index contributed by atoms with van der Waals surface area (Å²) in [5.74, 6) is 0.892. The fourth-order valence-electron chi connectivity index (χ4n) is 2.31. The van der Waals surface area contributed by atoms with Crippen molar-refractivity contribution in [3.8, 4) is 0 Å². The normalized spacial score (nSPS) is 22.9. The van der Waals surface area contributed by atoms with Crippen molar-refractivity contribution < 1.29 is 0 Å². The van der Waals surface area contributed by atoms with E-state index in [1.807, 2.05) is 0 Å². The minimum Gasteiger partial charge on any atom is -0.309 e. The van der Waals surface area contributed by atoms with Crippen molar-refractivity contribution in [2.75, 3.05) is 26.2 Å². The maximum atomic E-state index is 3.56. The highest BCUT2D eigenvalue weighted by Gasteiger charge is 2.26. The van der Waals surface area contributed by atoms with Gasteiger partial charge in [0.05, 0.1) is 0 Å². The molecule has 0 amide bonds. The molecule has 0 saturated carbocycles. The molecule has 0 aromatic carbocycles. The summed E-state index contributed by atoms with van der Waals surface area (Å²) in [5.41, 5.74) is 0.310. The van der Waals surface area contributed by atoms with Crippen LogP contribution < -0.4 is 5.32 Å². The summed E-state index contributed by atoms with van der Waals surface area (Å²) < 4.78 is 0. The third kappa shape index (κ3) is 3.58. The Morgan fingerprint density at radius 3 is 2.43 bits per heavy atom. The van der Waals surface area contributed by atoms with Crippen molar-refractivity contribution in [1.82, 2.24) is 10.2 Å². The van der Waals surface area contributed by atoms with Crippen LogP contribution in [-0.4, -0.2) is 36.6 Å². The summed E-state index contributed by atoms with van der Waals surface area (Å²) in [4.78, 5) is 2.62. The fraction of sp³-hybridized carbons (Fsp3) is 1.00. The molecule has 1 aliphatic rings. The molecule has 14 heavy (non-hydrogen) atoms. The van der Waals surface area contributed by atoms with E-state index < -0.39 is 0 Å². The topological polar surface area (TPSA) is 15.3 Å². The van der Waals surface area contributed by atoms with E-state index in [1.54, 1.807) is 0 Å². The second kappa shape index (κ2) is 5.13. The zero-order valence-corrected chi connectivity index (χ0v) is 10.3. The van der Waals surface area contributed by atoms with Gasteiger partial charge < -0.3 is 5.32 Å². The lowest BCUT2D eigenvalue weighted by molar-refractivity contribution is 0.132. The van der Waals surface area contributed by atoms with Crippen LogP contribution in [0.25, 0.3) is 0 Å². The number of nitrogens with zero attached hydrogens (tertiary/aromatic N) is 1. The van der Waals surface area contributed by atoms with Crippen LogP contribution in [-0.2, 0) is 0 Å². The molecule has 1 rings (SSSR count). The molecule has 1 N–H and O–H groups in total. The van der Waals surface area contributed by atoms with Crippen molar-refractivity contribution in [1.29, 1.82) is 0 Å². The molecule has 0 bridgehead atoms. The van der Waals surface area contributed by atoms with Gasteiger partial charge in [0.1, 0.15) is 0 Å². The van der Waals surface area contributed by atoms with Gasteiger partial charge in [-0.3, -0.25) is 4.90 Å². The first-order valence-corrected chi connectivity index (χ1v) is 6.04. The minimum atomic E-state index is 0.310. The first-order valence-electron chi connectivity index (χ1n) is 6.04.